The summed E-state index contributed by atoms with van der Waals surface area (Å²) in [6, 6.07) is 0. The second-order valence-electron chi connectivity index (χ2n) is 4.56. The predicted molar refractivity (Wildman–Crippen MR) is 70.3 cm³/mol. The molecule has 0 saturated heterocycles. The smallest absolute Gasteiger partial charge is 0.0971 e. The fraction of sp³-hybridized carbons (Fsp3) is 0.750. The van der Waals surface area contributed by atoms with Crippen molar-refractivity contribution < 1.29 is 5.11 Å². The number of hydrogen-bond acceptors (Lipinski definition) is 3. The molecule has 1 unspecified atom stereocenters. The third kappa shape index (κ3) is 4.30. The lowest BCUT2D eigenvalue weighted by Gasteiger charge is -2.15. The molecule has 0 aliphatic rings. The minimum absolute atomic E-state index is 0.507. The van der Waals surface area contributed by atoms with Crippen LogP contribution in [0.2, 0.25) is 5.02 Å². The van der Waals surface area contributed by atoms with Gasteiger partial charge in [0.05, 0.1) is 29.6 Å². The average molecular weight is 260 g/mol. The van der Waals surface area contributed by atoms with Crippen molar-refractivity contribution in [1.29, 1.82) is 0 Å². The lowest BCUT2D eigenvalue weighted by molar-refractivity contribution is 0.152. The van der Waals surface area contributed by atoms with Crippen molar-refractivity contribution in [3.63, 3.8) is 0 Å². The van der Waals surface area contributed by atoms with Gasteiger partial charge in [-0.3, -0.25) is 4.68 Å². The molecule has 17 heavy (non-hydrogen) atoms. The van der Waals surface area contributed by atoms with Crippen molar-refractivity contribution in [1.82, 2.24) is 14.7 Å². The number of aromatic nitrogens is 2. The number of aliphatic hydroxyl groups excluding tert-OH is 1. The highest BCUT2D eigenvalue weighted by atomic mass is 35.5. The third-order valence-corrected chi connectivity index (χ3v) is 3.03. The molecule has 0 radical (unpaired) electrons. The molecule has 0 saturated carbocycles. The van der Waals surface area contributed by atoms with Crippen LogP contribution in [0.4, 0.5) is 0 Å². The predicted octanol–water partition coefficient (Wildman–Crippen LogP) is 2.32. The first-order valence-corrected chi connectivity index (χ1v) is 6.48. The van der Waals surface area contributed by atoms with E-state index in [0.29, 0.717) is 5.02 Å². The molecule has 1 N–H and O–H groups in total. The summed E-state index contributed by atoms with van der Waals surface area (Å²) in [6.07, 6.45) is 3.91. The summed E-state index contributed by atoms with van der Waals surface area (Å²) in [5.74, 6) is 0. The number of nitrogens with zero attached hydrogens (tertiary/aromatic N) is 3. The Hall–Kier alpha value is -0.580. The molecule has 98 valence electrons. The fourth-order valence-corrected chi connectivity index (χ4v) is 1.98. The van der Waals surface area contributed by atoms with Crippen LogP contribution in [0, 0.1) is 0 Å². The van der Waals surface area contributed by atoms with E-state index in [1.54, 1.807) is 6.20 Å². The summed E-state index contributed by atoms with van der Waals surface area (Å²) >= 11 is 6.08. The molecule has 1 heterocycles. The Kier molecular flexibility index (Phi) is 5.95. The van der Waals surface area contributed by atoms with E-state index in [0.717, 1.165) is 38.0 Å². The largest absolute Gasteiger partial charge is 0.387 e. The average Bonchev–Trinajstić information content (AvgIpc) is 2.64. The molecule has 0 aliphatic carbocycles. The van der Waals surface area contributed by atoms with Gasteiger partial charge in [-0.15, -0.1) is 0 Å². The number of halogens is 1. The summed E-state index contributed by atoms with van der Waals surface area (Å²) in [6.45, 7) is 3.74. The summed E-state index contributed by atoms with van der Waals surface area (Å²) in [5.41, 5.74) is 0.752. The van der Waals surface area contributed by atoms with Gasteiger partial charge in [0.25, 0.3) is 0 Å². The van der Waals surface area contributed by atoms with Gasteiger partial charge in [0, 0.05) is 6.54 Å². The van der Waals surface area contributed by atoms with Crippen LogP contribution in [0.25, 0.3) is 0 Å². The van der Waals surface area contributed by atoms with Crippen LogP contribution >= 0.6 is 11.6 Å². The zero-order valence-corrected chi connectivity index (χ0v) is 11.6. The maximum absolute atomic E-state index is 10.1. The fourth-order valence-electron chi connectivity index (χ4n) is 1.71. The van der Waals surface area contributed by atoms with Crippen LogP contribution in [0.5, 0.6) is 0 Å². The molecule has 0 fully saturated rings. The van der Waals surface area contributed by atoms with E-state index < -0.39 is 6.10 Å². The van der Waals surface area contributed by atoms with Gasteiger partial charge < -0.3 is 10.0 Å². The first-order valence-electron chi connectivity index (χ1n) is 6.10. The van der Waals surface area contributed by atoms with Crippen LogP contribution in [0.1, 0.15) is 38.0 Å². The maximum Gasteiger partial charge on any atom is 0.0971 e. The quantitative estimate of drug-likeness (QED) is 0.817. The second-order valence-corrected chi connectivity index (χ2v) is 4.97. The normalized spacial score (nSPS) is 13.3. The van der Waals surface area contributed by atoms with E-state index in [4.69, 9.17) is 11.6 Å². The lowest BCUT2D eigenvalue weighted by Crippen LogP contribution is -2.21. The van der Waals surface area contributed by atoms with Crippen LogP contribution in [0.3, 0.4) is 0 Å². The Balaban J connectivity index is 2.71. The van der Waals surface area contributed by atoms with Crippen molar-refractivity contribution in [2.45, 2.75) is 38.8 Å². The standard InChI is InChI=1S/C12H22ClN3O/c1-4-5-6-11(17)12-10(13)9-14-16(12)8-7-15(2)3/h9,11,17H,4-8H2,1-3H3. The molecule has 0 spiro atoms. The number of rotatable bonds is 7. The molecule has 0 amide bonds. The van der Waals surface area contributed by atoms with Crippen LogP contribution < -0.4 is 0 Å². The monoisotopic (exact) mass is 259 g/mol. The minimum Gasteiger partial charge on any atom is -0.387 e. The summed E-state index contributed by atoms with van der Waals surface area (Å²) in [7, 11) is 4.02. The summed E-state index contributed by atoms with van der Waals surface area (Å²) in [4.78, 5) is 2.08. The number of unbranched alkanes of at least 4 members (excludes halogenated alkanes) is 1. The number of likely N-dealkylation sites (N-methyl/N-ethyl adjacent to an activating group) is 1. The first-order chi connectivity index (χ1) is 8.06. The minimum atomic E-state index is -0.507. The molecule has 5 heteroatoms. The van der Waals surface area contributed by atoms with Crippen LogP contribution in [0.15, 0.2) is 6.20 Å². The van der Waals surface area contributed by atoms with Gasteiger partial charge in [-0.2, -0.15) is 5.10 Å². The van der Waals surface area contributed by atoms with E-state index in [9.17, 15) is 5.11 Å². The Labute approximate surface area is 108 Å². The van der Waals surface area contributed by atoms with Gasteiger partial charge in [-0.25, -0.2) is 0 Å². The molecule has 1 atom stereocenters. The topological polar surface area (TPSA) is 41.3 Å². The highest BCUT2D eigenvalue weighted by Gasteiger charge is 2.17. The van der Waals surface area contributed by atoms with Crippen molar-refractivity contribution in [3.05, 3.63) is 16.9 Å². The molecule has 1 aromatic rings. The lowest BCUT2D eigenvalue weighted by atomic mass is 10.1. The van der Waals surface area contributed by atoms with Gasteiger partial charge in [0.15, 0.2) is 0 Å². The highest BCUT2D eigenvalue weighted by molar-refractivity contribution is 6.31. The van der Waals surface area contributed by atoms with Gasteiger partial charge in [-0.1, -0.05) is 31.4 Å². The van der Waals surface area contributed by atoms with E-state index in [-0.39, 0.29) is 0 Å². The summed E-state index contributed by atoms with van der Waals surface area (Å²) < 4.78 is 1.81. The molecule has 0 aromatic carbocycles. The van der Waals surface area contributed by atoms with Crippen molar-refractivity contribution in [2.75, 3.05) is 20.6 Å². The Bertz CT molecular complexity index is 338. The second kappa shape index (κ2) is 6.99. The highest BCUT2D eigenvalue weighted by Crippen LogP contribution is 2.26. The Morgan fingerprint density at radius 3 is 2.82 bits per heavy atom. The van der Waals surface area contributed by atoms with Crippen LogP contribution in [-0.2, 0) is 6.54 Å². The number of hydrogen-bond donors (Lipinski definition) is 1. The molecule has 0 bridgehead atoms. The van der Waals surface area contributed by atoms with Crippen LogP contribution in [-0.4, -0.2) is 40.4 Å². The van der Waals surface area contributed by atoms with Crippen molar-refractivity contribution in [2.24, 2.45) is 0 Å². The van der Waals surface area contributed by atoms with Crippen molar-refractivity contribution in [3.8, 4) is 0 Å². The first kappa shape index (κ1) is 14.5. The molecule has 0 aliphatic heterocycles. The van der Waals surface area contributed by atoms with Gasteiger partial charge in [-0.05, 0) is 20.5 Å². The van der Waals surface area contributed by atoms with Gasteiger partial charge in [0.1, 0.15) is 0 Å². The molecular weight excluding hydrogens is 238 g/mol. The van der Waals surface area contributed by atoms with Crippen molar-refractivity contribution >= 4 is 11.6 Å². The van der Waals surface area contributed by atoms with Gasteiger partial charge in [0.2, 0.25) is 0 Å². The molecule has 4 nitrogen and oxygen atoms in total. The molecular formula is C12H22ClN3O. The van der Waals surface area contributed by atoms with E-state index in [1.807, 2.05) is 18.8 Å². The maximum atomic E-state index is 10.1. The van der Waals surface area contributed by atoms with E-state index in [2.05, 4.69) is 16.9 Å². The zero-order chi connectivity index (χ0) is 12.8. The molecule has 1 rings (SSSR count). The third-order valence-electron chi connectivity index (χ3n) is 2.74. The van der Waals surface area contributed by atoms with E-state index in [1.165, 1.54) is 0 Å². The zero-order valence-electron chi connectivity index (χ0n) is 10.9. The Morgan fingerprint density at radius 1 is 1.53 bits per heavy atom. The number of aliphatic hydroxyl groups is 1. The SMILES string of the molecule is CCCCC(O)c1c(Cl)cnn1CCN(C)C. The Morgan fingerprint density at radius 2 is 2.24 bits per heavy atom. The van der Waals surface area contributed by atoms with Gasteiger partial charge >= 0.3 is 0 Å². The summed E-state index contributed by atoms with van der Waals surface area (Å²) in [5, 5.41) is 14.9. The van der Waals surface area contributed by atoms with E-state index >= 15 is 0 Å². The molecule has 1 aromatic heterocycles.